The Balaban J connectivity index is 0.639. The van der Waals surface area contributed by atoms with Crippen LogP contribution in [0.2, 0.25) is 0 Å². The molecule has 362 valence electrons. The van der Waals surface area contributed by atoms with Gasteiger partial charge in [0.2, 0.25) is 17.8 Å². The van der Waals surface area contributed by atoms with Gasteiger partial charge in [-0.15, -0.1) is 6.58 Å². The summed E-state index contributed by atoms with van der Waals surface area (Å²) in [5.41, 5.74) is 5.38. The molecule has 0 radical (unpaired) electrons. The summed E-state index contributed by atoms with van der Waals surface area (Å²) in [6.45, 7) is 12.5. The molecule has 70 heavy (non-hydrogen) atoms. The predicted octanol–water partition coefficient (Wildman–Crippen LogP) is 6.84. The SMILES string of the molecule is C=CCn1c(=O)c2cnc(Nc3ccc(N4CCN(C5CCN(C6CCC(n7ccc8c9c(C%10CCC(=O)NC%10=O)noc9ccc87)CC6)CC5)CC4)cc3)nc2n1-c1ccc2c(n1)[C@@](O)(CC)CC2. The van der Waals surface area contributed by atoms with Crippen LogP contribution in [0.5, 0.6) is 0 Å². The van der Waals surface area contributed by atoms with Crippen LogP contribution in [0, 0.1) is 0 Å². The minimum absolute atomic E-state index is 0.232. The maximum atomic E-state index is 13.6. The molecule has 2 aromatic carbocycles. The van der Waals surface area contributed by atoms with E-state index in [2.05, 4.69) is 89.2 Å². The normalized spacial score (nSPS) is 23.9. The lowest BCUT2D eigenvalue weighted by atomic mass is 9.88. The number of amides is 2. The van der Waals surface area contributed by atoms with Gasteiger partial charge in [0, 0.05) is 85.4 Å². The molecule has 4 fully saturated rings. The highest BCUT2D eigenvalue weighted by molar-refractivity contribution is 6.09. The molecule has 17 heteroatoms. The number of nitrogens with one attached hydrogen (secondary N) is 2. The second-order valence-electron chi connectivity index (χ2n) is 20.1. The largest absolute Gasteiger partial charge is 0.384 e. The molecule has 0 bridgehead atoms. The Kier molecular flexibility index (Phi) is 11.4. The van der Waals surface area contributed by atoms with Crippen molar-refractivity contribution in [2.75, 3.05) is 49.5 Å². The minimum atomic E-state index is -0.991. The third kappa shape index (κ3) is 7.78. The number of imide groups is 1. The number of anilines is 3. The number of aromatic nitrogens is 7. The van der Waals surface area contributed by atoms with E-state index in [1.807, 2.05) is 25.1 Å². The second kappa shape index (κ2) is 17.9. The number of piperidine rings is 2. The van der Waals surface area contributed by atoms with Gasteiger partial charge in [-0.3, -0.25) is 24.6 Å². The number of hydrogen-bond acceptors (Lipinski definition) is 13. The van der Waals surface area contributed by atoms with Crippen molar-refractivity contribution in [3.05, 3.63) is 107 Å². The van der Waals surface area contributed by atoms with E-state index >= 15 is 0 Å². The number of aryl methyl sites for hydroxylation is 1. The molecule has 17 nitrogen and oxygen atoms in total. The van der Waals surface area contributed by atoms with E-state index in [0.29, 0.717) is 83.6 Å². The molecule has 2 amide bonds. The first kappa shape index (κ1) is 44.5. The first-order valence-corrected chi connectivity index (χ1v) is 25.3. The van der Waals surface area contributed by atoms with Gasteiger partial charge in [-0.2, -0.15) is 4.98 Å². The van der Waals surface area contributed by atoms with Crippen LogP contribution < -0.4 is 21.1 Å². The Morgan fingerprint density at radius 2 is 1.60 bits per heavy atom. The van der Waals surface area contributed by atoms with Crippen LogP contribution >= 0.6 is 0 Å². The third-order valence-corrected chi connectivity index (χ3v) is 16.3. The van der Waals surface area contributed by atoms with Gasteiger partial charge in [0.1, 0.15) is 16.7 Å². The van der Waals surface area contributed by atoms with Gasteiger partial charge in [-0.05, 0) is 131 Å². The molecular formula is C53H60N12O5. The van der Waals surface area contributed by atoms with E-state index in [1.165, 1.54) is 31.4 Å². The number of carbonyl (C=O) groups excluding carboxylic acids is 2. The average molecular weight is 945 g/mol. The number of carbonyl (C=O) groups is 2. The number of pyridine rings is 1. The molecule has 3 N–H and O–H groups in total. The van der Waals surface area contributed by atoms with Crippen molar-refractivity contribution in [3.63, 3.8) is 0 Å². The number of fused-ring (bicyclic) bond motifs is 5. The quantitative estimate of drug-likeness (QED) is 0.0906. The zero-order chi connectivity index (χ0) is 47.7. The lowest BCUT2D eigenvalue weighted by Crippen LogP contribution is -2.54. The zero-order valence-corrected chi connectivity index (χ0v) is 39.7. The Bertz CT molecular complexity index is 3200. The molecule has 12 rings (SSSR count). The Morgan fingerprint density at radius 1 is 0.843 bits per heavy atom. The number of allylic oxidation sites excluding steroid dienone is 1. The summed E-state index contributed by atoms with van der Waals surface area (Å²) < 4.78 is 11.4. The van der Waals surface area contributed by atoms with E-state index in [0.717, 1.165) is 86.1 Å². The van der Waals surface area contributed by atoms with Crippen molar-refractivity contribution in [1.29, 1.82) is 0 Å². The van der Waals surface area contributed by atoms with Crippen LogP contribution in [-0.4, -0.2) is 112 Å². The van der Waals surface area contributed by atoms with E-state index in [4.69, 9.17) is 14.5 Å². The topological polar surface area (TPSA) is 185 Å². The molecule has 0 spiro atoms. The maximum absolute atomic E-state index is 13.6. The van der Waals surface area contributed by atoms with Crippen LogP contribution in [0.3, 0.4) is 0 Å². The van der Waals surface area contributed by atoms with E-state index < -0.39 is 11.5 Å². The first-order valence-electron chi connectivity index (χ1n) is 25.3. The monoisotopic (exact) mass is 944 g/mol. The van der Waals surface area contributed by atoms with Gasteiger partial charge in [0.05, 0.1) is 23.5 Å². The predicted molar refractivity (Wildman–Crippen MR) is 268 cm³/mol. The average Bonchev–Trinajstić information content (AvgIpc) is 4.17. The summed E-state index contributed by atoms with van der Waals surface area (Å²) in [7, 11) is 0. The first-order chi connectivity index (χ1) is 34.2. The number of nitrogens with zero attached hydrogens (tertiary/aromatic N) is 10. The summed E-state index contributed by atoms with van der Waals surface area (Å²) in [5.74, 6) is -0.132. The number of aliphatic hydroxyl groups is 1. The van der Waals surface area contributed by atoms with Crippen molar-refractivity contribution >= 4 is 62.0 Å². The van der Waals surface area contributed by atoms with Crippen LogP contribution in [0.25, 0.3) is 38.7 Å². The third-order valence-electron chi connectivity index (χ3n) is 16.3. The molecule has 5 aromatic heterocycles. The molecule has 8 heterocycles. The molecule has 2 atom stereocenters. The number of piperazine rings is 1. The smallest absolute Gasteiger partial charge is 0.278 e. The second-order valence-corrected chi connectivity index (χ2v) is 20.1. The Hall–Kier alpha value is -6.69. The fraction of sp³-hybridized carbons (Fsp3) is 0.453. The molecule has 2 aliphatic carbocycles. The number of benzene rings is 2. The van der Waals surface area contributed by atoms with Crippen LogP contribution in [0.15, 0.2) is 89.0 Å². The minimum Gasteiger partial charge on any atom is -0.384 e. The van der Waals surface area contributed by atoms with Crippen LogP contribution in [0.1, 0.15) is 100 Å². The summed E-state index contributed by atoms with van der Waals surface area (Å²) in [6, 6.07) is 20.2. The van der Waals surface area contributed by atoms with Crippen molar-refractivity contribution in [2.45, 2.75) is 114 Å². The molecule has 3 saturated heterocycles. The highest BCUT2D eigenvalue weighted by atomic mass is 16.5. The van der Waals surface area contributed by atoms with Gasteiger partial charge >= 0.3 is 0 Å². The zero-order valence-electron chi connectivity index (χ0n) is 39.7. The standard InChI is InChI=1S/C53H60N12O5/c1-3-24-64-51(68)41-32-54-52(58-49(41)65(64)44-17-5-33-19-23-53(69,4-2)48(33)56-44)55-34-6-8-35(9-7-34)61-28-30-62(31-29-61)37-20-25-60(26-21-37)36-10-12-38(13-11-36)63-27-22-39-42(63)15-16-43-46(39)47(59-70-43)40-14-18-45(66)57-50(40)67/h3,5-9,15-17,22,27,32,36-38,40,69H,1,4,10-14,18-21,23-26,28-31H2,2H3,(H,54,55,58)(H,57,66,67)/t36?,38?,40?,53-/m1/s1. The van der Waals surface area contributed by atoms with Gasteiger partial charge in [-0.1, -0.05) is 24.2 Å². The summed E-state index contributed by atoms with van der Waals surface area (Å²) in [5, 5.41) is 23.8. The highest BCUT2D eigenvalue weighted by Gasteiger charge is 2.38. The lowest BCUT2D eigenvalue weighted by Gasteiger charge is -2.46. The maximum Gasteiger partial charge on any atom is 0.278 e. The molecule has 7 aromatic rings. The summed E-state index contributed by atoms with van der Waals surface area (Å²) in [4.78, 5) is 60.4. The molecule has 3 aliphatic heterocycles. The number of hydrogen-bond donors (Lipinski definition) is 3. The number of likely N-dealkylation sites (tertiary alicyclic amines) is 1. The van der Waals surface area contributed by atoms with E-state index in [1.54, 1.807) is 21.6 Å². The fourth-order valence-electron chi connectivity index (χ4n) is 12.4. The lowest BCUT2D eigenvalue weighted by molar-refractivity contribution is -0.134. The molecule has 5 aliphatic rings. The Labute approximate surface area is 405 Å². The molecule has 1 saturated carbocycles. The van der Waals surface area contributed by atoms with Crippen molar-refractivity contribution in [2.24, 2.45) is 0 Å². The fourth-order valence-corrected chi connectivity index (χ4v) is 12.4. The van der Waals surface area contributed by atoms with E-state index in [-0.39, 0.29) is 23.9 Å². The van der Waals surface area contributed by atoms with Crippen molar-refractivity contribution in [1.82, 2.24) is 49.2 Å². The van der Waals surface area contributed by atoms with Gasteiger partial charge < -0.3 is 29.3 Å². The van der Waals surface area contributed by atoms with Gasteiger partial charge in [-0.25, -0.2) is 19.3 Å². The van der Waals surface area contributed by atoms with Crippen LogP contribution in [-0.2, 0) is 28.2 Å². The van der Waals surface area contributed by atoms with E-state index in [9.17, 15) is 19.5 Å². The van der Waals surface area contributed by atoms with Gasteiger partial charge in [0.15, 0.2) is 17.0 Å². The summed E-state index contributed by atoms with van der Waals surface area (Å²) >= 11 is 0. The van der Waals surface area contributed by atoms with Crippen molar-refractivity contribution in [3.8, 4) is 5.82 Å². The number of rotatable bonds is 11. The highest BCUT2D eigenvalue weighted by Crippen LogP contribution is 2.41. The Morgan fingerprint density at radius 3 is 2.36 bits per heavy atom. The molecule has 1 unspecified atom stereocenters. The summed E-state index contributed by atoms with van der Waals surface area (Å²) in [6.07, 6.45) is 15.2. The van der Waals surface area contributed by atoms with Gasteiger partial charge in [0.25, 0.3) is 5.56 Å². The van der Waals surface area contributed by atoms with Crippen molar-refractivity contribution < 1.29 is 19.2 Å². The molecular weight excluding hydrogens is 885 g/mol. The van der Waals surface area contributed by atoms with Crippen LogP contribution in [0.4, 0.5) is 17.3 Å².